The highest BCUT2D eigenvalue weighted by molar-refractivity contribution is 5.92. The lowest BCUT2D eigenvalue weighted by Crippen LogP contribution is -2.48. The fourth-order valence-corrected chi connectivity index (χ4v) is 3.80. The van der Waals surface area contributed by atoms with Crippen molar-refractivity contribution in [2.24, 2.45) is 0 Å². The van der Waals surface area contributed by atoms with Gasteiger partial charge in [-0.25, -0.2) is 0 Å². The lowest BCUT2D eigenvalue weighted by molar-refractivity contribution is -0.126. The number of rotatable bonds is 8. The summed E-state index contributed by atoms with van der Waals surface area (Å²) in [5.74, 6) is 1.13. The minimum Gasteiger partial charge on any atom is -0.497 e. The van der Waals surface area contributed by atoms with E-state index in [-0.39, 0.29) is 18.4 Å². The maximum Gasteiger partial charge on any atom is 0.262 e. The molecule has 0 aromatic heterocycles. The topological polar surface area (TPSA) is 71.1 Å². The van der Waals surface area contributed by atoms with Crippen LogP contribution in [0.3, 0.4) is 0 Å². The monoisotopic (exact) mass is 471 g/mol. The summed E-state index contributed by atoms with van der Waals surface area (Å²) < 4.78 is 10.6. The number of benzene rings is 3. The molecule has 1 N–H and O–H groups in total. The molecule has 0 aliphatic carbocycles. The van der Waals surface area contributed by atoms with Crippen LogP contribution in [0.25, 0.3) is 6.08 Å². The molecule has 0 radical (unpaired) electrons. The van der Waals surface area contributed by atoms with Crippen molar-refractivity contribution in [1.29, 1.82) is 0 Å². The molecule has 0 spiro atoms. The normalized spacial score (nSPS) is 13.5. The lowest BCUT2D eigenvalue weighted by Gasteiger charge is -2.35. The molecule has 1 fully saturated rings. The van der Waals surface area contributed by atoms with Gasteiger partial charge in [0, 0.05) is 43.6 Å². The third-order valence-corrected chi connectivity index (χ3v) is 5.75. The van der Waals surface area contributed by atoms with E-state index in [1.165, 1.54) is 0 Å². The van der Waals surface area contributed by atoms with Crippen molar-refractivity contribution in [3.63, 3.8) is 0 Å². The molecule has 7 heteroatoms. The van der Waals surface area contributed by atoms with E-state index in [1.807, 2.05) is 65.6 Å². The Hall–Kier alpha value is -4.26. The van der Waals surface area contributed by atoms with Gasteiger partial charge in [-0.05, 0) is 60.2 Å². The zero-order chi connectivity index (χ0) is 24.5. The van der Waals surface area contributed by atoms with Crippen LogP contribution in [0, 0.1) is 0 Å². The third kappa shape index (κ3) is 6.86. The summed E-state index contributed by atoms with van der Waals surface area (Å²) in [7, 11) is 1.60. The number of nitrogens with one attached hydrogen (secondary N) is 1. The molecule has 1 saturated heterocycles. The first-order valence-electron chi connectivity index (χ1n) is 11.5. The minimum atomic E-state index is -0.232. The number of hydrogen-bond donors (Lipinski definition) is 1. The van der Waals surface area contributed by atoms with E-state index in [9.17, 15) is 9.59 Å². The first-order chi connectivity index (χ1) is 17.1. The third-order valence-electron chi connectivity index (χ3n) is 5.75. The van der Waals surface area contributed by atoms with Gasteiger partial charge in [0.05, 0.1) is 7.11 Å². The molecule has 3 aromatic carbocycles. The fourth-order valence-electron chi connectivity index (χ4n) is 3.80. The molecule has 0 unspecified atom stereocenters. The predicted molar refractivity (Wildman–Crippen MR) is 138 cm³/mol. The summed E-state index contributed by atoms with van der Waals surface area (Å²) in [6, 6.07) is 24.6. The van der Waals surface area contributed by atoms with Gasteiger partial charge < -0.3 is 24.6 Å². The standard InChI is InChI=1S/C28H29N3O4/c1-34-25-12-14-26(15-13-25)35-21-27(32)29-23-8-10-24(11-9-23)30-17-19-31(20-18-30)28(33)16-7-22-5-3-2-4-6-22/h2-16H,17-21H2,1H3,(H,29,32)/b16-7+. The van der Waals surface area contributed by atoms with Gasteiger partial charge in [0.1, 0.15) is 11.5 Å². The predicted octanol–water partition coefficient (Wildman–Crippen LogP) is 4.07. The SMILES string of the molecule is COc1ccc(OCC(=O)Nc2ccc(N3CCN(C(=O)/C=C/c4ccccc4)CC3)cc2)cc1. The number of hydrogen-bond acceptors (Lipinski definition) is 5. The van der Waals surface area contributed by atoms with Crippen LogP contribution in [0.4, 0.5) is 11.4 Å². The Kier molecular flexibility index (Phi) is 8.01. The van der Waals surface area contributed by atoms with Gasteiger partial charge in [-0.1, -0.05) is 30.3 Å². The molecule has 1 aliphatic heterocycles. The molecular formula is C28H29N3O4. The molecule has 0 saturated carbocycles. The van der Waals surface area contributed by atoms with Crippen LogP contribution in [-0.2, 0) is 9.59 Å². The number of nitrogens with zero attached hydrogens (tertiary/aromatic N) is 2. The Bertz CT molecular complexity index is 1140. The molecule has 35 heavy (non-hydrogen) atoms. The van der Waals surface area contributed by atoms with Gasteiger partial charge in [-0.3, -0.25) is 9.59 Å². The maximum absolute atomic E-state index is 12.5. The van der Waals surface area contributed by atoms with Crippen LogP contribution in [0.1, 0.15) is 5.56 Å². The summed E-state index contributed by atoms with van der Waals surface area (Å²) in [6.45, 7) is 2.76. The van der Waals surface area contributed by atoms with Crippen molar-refractivity contribution >= 4 is 29.3 Å². The zero-order valence-corrected chi connectivity index (χ0v) is 19.7. The molecule has 1 aliphatic rings. The van der Waals surface area contributed by atoms with Crippen LogP contribution in [0.15, 0.2) is 84.9 Å². The molecule has 4 rings (SSSR count). The number of carbonyl (C=O) groups excluding carboxylic acids is 2. The number of methoxy groups -OCH3 is 1. The number of carbonyl (C=O) groups is 2. The van der Waals surface area contributed by atoms with Gasteiger partial charge in [0.2, 0.25) is 5.91 Å². The van der Waals surface area contributed by atoms with Crippen LogP contribution in [0.2, 0.25) is 0 Å². The van der Waals surface area contributed by atoms with Gasteiger partial charge in [-0.15, -0.1) is 0 Å². The van der Waals surface area contributed by atoms with E-state index in [1.54, 1.807) is 37.5 Å². The second-order valence-corrected chi connectivity index (χ2v) is 8.12. The fraction of sp³-hybridized carbons (Fsp3) is 0.214. The second-order valence-electron chi connectivity index (χ2n) is 8.12. The highest BCUT2D eigenvalue weighted by Gasteiger charge is 2.20. The van der Waals surface area contributed by atoms with Gasteiger partial charge >= 0.3 is 0 Å². The van der Waals surface area contributed by atoms with Crippen molar-refractivity contribution in [2.75, 3.05) is 50.1 Å². The van der Waals surface area contributed by atoms with Crippen LogP contribution in [0.5, 0.6) is 11.5 Å². The number of ether oxygens (including phenoxy) is 2. The highest BCUT2D eigenvalue weighted by Crippen LogP contribution is 2.20. The van der Waals surface area contributed by atoms with Crippen LogP contribution < -0.4 is 19.7 Å². The largest absolute Gasteiger partial charge is 0.497 e. The van der Waals surface area contributed by atoms with Crippen molar-refractivity contribution in [3.8, 4) is 11.5 Å². The van der Waals surface area contributed by atoms with Gasteiger partial charge in [0.15, 0.2) is 6.61 Å². The van der Waals surface area contributed by atoms with E-state index in [0.29, 0.717) is 24.5 Å². The van der Waals surface area contributed by atoms with Gasteiger partial charge in [-0.2, -0.15) is 0 Å². The van der Waals surface area contributed by atoms with Crippen LogP contribution >= 0.6 is 0 Å². The zero-order valence-electron chi connectivity index (χ0n) is 19.7. The molecule has 0 bridgehead atoms. The Labute approximate surface area is 205 Å². The molecular weight excluding hydrogens is 442 g/mol. The minimum absolute atomic E-state index is 0.0309. The Morgan fingerprint density at radius 1 is 0.857 bits per heavy atom. The van der Waals surface area contributed by atoms with Crippen molar-refractivity contribution in [2.45, 2.75) is 0 Å². The van der Waals surface area contributed by atoms with Crippen LogP contribution in [-0.4, -0.2) is 56.6 Å². The van der Waals surface area contributed by atoms with E-state index in [4.69, 9.17) is 9.47 Å². The Morgan fingerprint density at radius 2 is 1.51 bits per heavy atom. The molecule has 180 valence electrons. The Morgan fingerprint density at radius 3 is 2.17 bits per heavy atom. The first-order valence-corrected chi connectivity index (χ1v) is 11.5. The molecule has 0 atom stereocenters. The van der Waals surface area contributed by atoms with E-state index < -0.39 is 0 Å². The van der Waals surface area contributed by atoms with E-state index in [2.05, 4.69) is 10.2 Å². The second kappa shape index (κ2) is 11.7. The van der Waals surface area contributed by atoms with Gasteiger partial charge in [0.25, 0.3) is 5.91 Å². The molecule has 7 nitrogen and oxygen atoms in total. The smallest absolute Gasteiger partial charge is 0.262 e. The highest BCUT2D eigenvalue weighted by atomic mass is 16.5. The molecule has 1 heterocycles. The summed E-state index contributed by atoms with van der Waals surface area (Å²) in [5.41, 5.74) is 2.78. The van der Waals surface area contributed by atoms with E-state index >= 15 is 0 Å². The summed E-state index contributed by atoms with van der Waals surface area (Å²) in [6.07, 6.45) is 3.49. The van der Waals surface area contributed by atoms with Crippen molar-refractivity contribution in [1.82, 2.24) is 4.90 Å². The average Bonchev–Trinajstić information content (AvgIpc) is 2.92. The summed E-state index contributed by atoms with van der Waals surface area (Å²) >= 11 is 0. The molecule has 2 amide bonds. The van der Waals surface area contributed by atoms with Crippen molar-refractivity contribution in [3.05, 3.63) is 90.5 Å². The summed E-state index contributed by atoms with van der Waals surface area (Å²) in [4.78, 5) is 28.8. The summed E-state index contributed by atoms with van der Waals surface area (Å²) in [5, 5.41) is 2.85. The number of anilines is 2. The quantitative estimate of drug-likeness (QED) is 0.502. The van der Waals surface area contributed by atoms with E-state index in [0.717, 1.165) is 30.1 Å². The number of piperazine rings is 1. The Balaban J connectivity index is 1.22. The maximum atomic E-state index is 12.5. The van der Waals surface area contributed by atoms with Crippen molar-refractivity contribution < 1.29 is 19.1 Å². The lowest BCUT2D eigenvalue weighted by atomic mass is 10.2. The number of amides is 2. The average molecular weight is 472 g/mol. The first kappa shape index (κ1) is 23.9. The molecule has 3 aromatic rings.